The number of nitrogens with zero attached hydrogens (tertiary/aromatic N) is 2. The van der Waals surface area contributed by atoms with E-state index in [9.17, 15) is 8.42 Å². The van der Waals surface area contributed by atoms with Crippen LogP contribution in [0.15, 0.2) is 46.0 Å². The van der Waals surface area contributed by atoms with Crippen LogP contribution in [0.1, 0.15) is 12.0 Å². The van der Waals surface area contributed by atoms with Crippen LogP contribution in [0, 0.1) is 0 Å². The van der Waals surface area contributed by atoms with Gasteiger partial charge in [-0.05, 0) is 48.5 Å². The first-order valence-corrected chi connectivity index (χ1v) is 10.8. The summed E-state index contributed by atoms with van der Waals surface area (Å²) in [6, 6.07) is 11.6. The summed E-state index contributed by atoms with van der Waals surface area (Å²) in [5.41, 5.74) is 1.31. The molecule has 5 nitrogen and oxygen atoms in total. The number of rotatable bonds is 7. The van der Waals surface area contributed by atoms with E-state index in [4.69, 9.17) is 4.74 Å². The Hall–Kier alpha value is -1.41. The van der Waals surface area contributed by atoms with Gasteiger partial charge in [-0.15, -0.1) is 11.3 Å². The quantitative estimate of drug-likeness (QED) is 0.741. The molecular formula is C18H24N2O3S2. The average Bonchev–Trinajstić information content (AvgIpc) is 3.18. The Bertz CT molecular complexity index is 750. The molecule has 1 fully saturated rings. The van der Waals surface area contributed by atoms with Crippen LogP contribution >= 0.6 is 11.3 Å². The van der Waals surface area contributed by atoms with Crippen LogP contribution in [0.5, 0.6) is 5.75 Å². The second-order valence-electron chi connectivity index (χ2n) is 6.13. The van der Waals surface area contributed by atoms with Gasteiger partial charge in [0.2, 0.25) is 0 Å². The molecule has 3 rings (SSSR count). The van der Waals surface area contributed by atoms with Crippen LogP contribution < -0.4 is 4.74 Å². The van der Waals surface area contributed by atoms with Crippen molar-refractivity contribution in [3.63, 3.8) is 0 Å². The molecule has 1 saturated heterocycles. The van der Waals surface area contributed by atoms with E-state index in [0.717, 1.165) is 38.2 Å². The van der Waals surface area contributed by atoms with Crippen molar-refractivity contribution in [3.8, 4) is 5.75 Å². The van der Waals surface area contributed by atoms with E-state index in [2.05, 4.69) is 17.0 Å². The molecule has 1 aromatic heterocycles. The van der Waals surface area contributed by atoms with E-state index in [1.807, 2.05) is 17.5 Å². The minimum absolute atomic E-state index is 0.445. The molecule has 1 aromatic carbocycles. The Morgan fingerprint density at radius 2 is 1.80 bits per heavy atom. The van der Waals surface area contributed by atoms with Crippen LogP contribution in [-0.4, -0.2) is 57.5 Å². The van der Waals surface area contributed by atoms with E-state index in [-0.39, 0.29) is 0 Å². The first-order chi connectivity index (χ1) is 12.1. The van der Waals surface area contributed by atoms with Crippen molar-refractivity contribution >= 4 is 21.4 Å². The highest BCUT2D eigenvalue weighted by Crippen LogP contribution is 2.22. The lowest BCUT2D eigenvalue weighted by Gasteiger charge is -2.33. The average molecular weight is 381 g/mol. The summed E-state index contributed by atoms with van der Waals surface area (Å²) < 4.78 is 32.3. The van der Waals surface area contributed by atoms with Gasteiger partial charge in [-0.3, -0.25) is 0 Å². The van der Waals surface area contributed by atoms with Crippen molar-refractivity contribution in [2.45, 2.75) is 17.1 Å². The zero-order chi connectivity index (χ0) is 17.7. The number of sulfonamides is 1. The van der Waals surface area contributed by atoms with Gasteiger partial charge in [0.05, 0.1) is 7.11 Å². The minimum Gasteiger partial charge on any atom is -0.497 e. The number of methoxy groups -OCH3 is 1. The fourth-order valence-corrected chi connectivity index (χ4v) is 5.60. The summed E-state index contributed by atoms with van der Waals surface area (Å²) in [5, 5.41) is 1.81. The smallest absolute Gasteiger partial charge is 0.252 e. The SMILES string of the molecule is COc1ccc(CCCN2CCN(S(=O)(=O)c3cccs3)CC2)cc1. The predicted octanol–water partition coefficient (Wildman–Crippen LogP) is 2.70. The highest BCUT2D eigenvalue weighted by Gasteiger charge is 2.28. The second kappa shape index (κ2) is 8.31. The Morgan fingerprint density at radius 3 is 2.40 bits per heavy atom. The third-order valence-electron chi connectivity index (χ3n) is 4.52. The maximum absolute atomic E-state index is 12.5. The molecule has 2 aromatic rings. The Balaban J connectivity index is 1.43. The first kappa shape index (κ1) is 18.4. The summed E-state index contributed by atoms with van der Waals surface area (Å²) in [5.74, 6) is 0.881. The van der Waals surface area contributed by atoms with Crippen LogP contribution in [0.4, 0.5) is 0 Å². The van der Waals surface area contributed by atoms with Crippen molar-refractivity contribution in [2.75, 3.05) is 39.8 Å². The van der Waals surface area contributed by atoms with Crippen LogP contribution in [0.2, 0.25) is 0 Å². The summed E-state index contributed by atoms with van der Waals surface area (Å²) in [4.78, 5) is 2.35. The zero-order valence-corrected chi connectivity index (χ0v) is 16.1. The molecular weight excluding hydrogens is 356 g/mol. The molecule has 0 aliphatic carbocycles. The third-order valence-corrected chi connectivity index (χ3v) is 7.79. The van der Waals surface area contributed by atoms with Crippen LogP contribution in [0.3, 0.4) is 0 Å². The lowest BCUT2D eigenvalue weighted by atomic mass is 10.1. The molecule has 0 bridgehead atoms. The van der Waals surface area contributed by atoms with Gasteiger partial charge in [0.15, 0.2) is 0 Å². The number of aryl methyl sites for hydroxylation is 1. The molecule has 0 N–H and O–H groups in total. The van der Waals surface area contributed by atoms with Gasteiger partial charge in [0.25, 0.3) is 10.0 Å². The molecule has 0 amide bonds. The highest BCUT2D eigenvalue weighted by molar-refractivity contribution is 7.91. The van der Waals surface area contributed by atoms with Gasteiger partial charge < -0.3 is 9.64 Å². The number of piperazine rings is 1. The molecule has 0 unspecified atom stereocenters. The molecule has 0 spiro atoms. The largest absolute Gasteiger partial charge is 0.497 e. The molecule has 0 radical (unpaired) electrons. The molecule has 25 heavy (non-hydrogen) atoms. The highest BCUT2D eigenvalue weighted by atomic mass is 32.2. The number of benzene rings is 1. The summed E-state index contributed by atoms with van der Waals surface area (Å²) >= 11 is 1.29. The first-order valence-electron chi connectivity index (χ1n) is 8.48. The van der Waals surface area contributed by atoms with Crippen molar-refractivity contribution in [3.05, 3.63) is 47.3 Å². The van der Waals surface area contributed by atoms with Crippen molar-refractivity contribution in [1.29, 1.82) is 0 Å². The van der Waals surface area contributed by atoms with Crippen LogP contribution in [0.25, 0.3) is 0 Å². The number of hydrogen-bond acceptors (Lipinski definition) is 5. The van der Waals surface area contributed by atoms with Crippen molar-refractivity contribution in [1.82, 2.24) is 9.21 Å². The lowest BCUT2D eigenvalue weighted by Crippen LogP contribution is -2.48. The third kappa shape index (κ3) is 4.61. The van der Waals surface area contributed by atoms with E-state index < -0.39 is 10.0 Å². The van der Waals surface area contributed by atoms with Crippen molar-refractivity contribution in [2.24, 2.45) is 0 Å². The fraction of sp³-hybridized carbons (Fsp3) is 0.444. The normalized spacial score (nSPS) is 16.8. The minimum atomic E-state index is -3.30. The fourth-order valence-electron chi connectivity index (χ4n) is 3.03. The van der Waals surface area contributed by atoms with Gasteiger partial charge in [0.1, 0.15) is 9.96 Å². The van der Waals surface area contributed by atoms with Crippen LogP contribution in [-0.2, 0) is 16.4 Å². The van der Waals surface area contributed by atoms with Gasteiger partial charge in [-0.1, -0.05) is 18.2 Å². The van der Waals surface area contributed by atoms with E-state index in [0.29, 0.717) is 17.3 Å². The molecule has 0 atom stereocenters. The summed E-state index contributed by atoms with van der Waals surface area (Å²) in [7, 11) is -1.63. The molecule has 7 heteroatoms. The molecule has 136 valence electrons. The topological polar surface area (TPSA) is 49.9 Å². The molecule has 1 aliphatic heterocycles. The summed E-state index contributed by atoms with van der Waals surface area (Å²) in [6.45, 7) is 3.74. The van der Waals surface area contributed by atoms with Gasteiger partial charge in [-0.25, -0.2) is 8.42 Å². The Morgan fingerprint density at radius 1 is 1.08 bits per heavy atom. The second-order valence-corrected chi connectivity index (χ2v) is 9.24. The lowest BCUT2D eigenvalue weighted by molar-refractivity contribution is 0.187. The Labute approximate surface area is 153 Å². The van der Waals surface area contributed by atoms with Crippen molar-refractivity contribution < 1.29 is 13.2 Å². The number of hydrogen-bond donors (Lipinski definition) is 0. The molecule has 0 saturated carbocycles. The number of ether oxygens (including phenoxy) is 1. The monoisotopic (exact) mass is 380 g/mol. The molecule has 2 heterocycles. The summed E-state index contributed by atoms with van der Waals surface area (Å²) in [6.07, 6.45) is 2.10. The maximum Gasteiger partial charge on any atom is 0.252 e. The van der Waals surface area contributed by atoms with Gasteiger partial charge >= 0.3 is 0 Å². The van der Waals surface area contributed by atoms with Gasteiger partial charge in [0, 0.05) is 26.2 Å². The van der Waals surface area contributed by atoms with E-state index in [1.54, 1.807) is 23.5 Å². The zero-order valence-electron chi connectivity index (χ0n) is 14.4. The predicted molar refractivity (Wildman–Crippen MR) is 101 cm³/mol. The van der Waals surface area contributed by atoms with Gasteiger partial charge in [-0.2, -0.15) is 4.31 Å². The maximum atomic E-state index is 12.5. The Kier molecular flexibility index (Phi) is 6.11. The van der Waals surface area contributed by atoms with E-state index in [1.165, 1.54) is 16.9 Å². The standard InChI is InChI=1S/C18H24N2O3S2/c1-23-17-8-6-16(7-9-17)4-2-10-19-11-13-20(14-12-19)25(21,22)18-5-3-15-24-18/h3,5-9,15H,2,4,10-14H2,1H3. The molecule has 1 aliphatic rings. The number of thiophene rings is 1. The van der Waals surface area contributed by atoms with E-state index >= 15 is 0 Å².